The van der Waals surface area contributed by atoms with Gasteiger partial charge in [0.15, 0.2) is 0 Å². The minimum atomic E-state index is -0.920. The average molecular weight is 391 g/mol. The van der Waals surface area contributed by atoms with Crippen molar-refractivity contribution in [2.24, 2.45) is 0 Å². The molecule has 0 atom stereocenters. The Bertz CT molecular complexity index is 654. The number of rotatable bonds is 2. The third kappa shape index (κ3) is 2.55. The van der Waals surface area contributed by atoms with Crippen LogP contribution in [0.1, 0.15) is 15.9 Å². The predicted molar refractivity (Wildman–Crippen MR) is 76.0 cm³/mol. The van der Waals surface area contributed by atoms with Crippen molar-refractivity contribution >= 4 is 43.3 Å². The highest BCUT2D eigenvalue weighted by Gasteiger charge is 2.23. The third-order valence-corrected chi connectivity index (χ3v) is 4.56. The van der Waals surface area contributed by atoms with Crippen LogP contribution >= 0.6 is 31.9 Å². The molecule has 2 aromatic carbocycles. The highest BCUT2D eigenvalue weighted by Crippen LogP contribution is 2.33. The minimum Gasteiger partial charge on any atom is -0.398 e. The van der Waals surface area contributed by atoms with Gasteiger partial charge in [0.1, 0.15) is 11.6 Å². The number of anilines is 1. The van der Waals surface area contributed by atoms with Crippen LogP contribution < -0.4 is 5.73 Å². The van der Waals surface area contributed by atoms with Crippen LogP contribution in [0, 0.1) is 11.6 Å². The molecule has 6 heteroatoms. The molecular formula is C13H7Br2F2NO. The maximum atomic E-state index is 13.6. The fourth-order valence-corrected chi connectivity index (χ4v) is 2.51. The number of hydrogen-bond donors (Lipinski definition) is 1. The minimum absolute atomic E-state index is 0.0263. The van der Waals surface area contributed by atoms with E-state index in [0.29, 0.717) is 8.95 Å². The van der Waals surface area contributed by atoms with Gasteiger partial charge in [-0.2, -0.15) is 0 Å². The van der Waals surface area contributed by atoms with Crippen molar-refractivity contribution in [1.29, 1.82) is 0 Å². The molecule has 0 aliphatic heterocycles. The smallest absolute Gasteiger partial charge is 0.202 e. The van der Waals surface area contributed by atoms with Crippen LogP contribution in [0.2, 0.25) is 0 Å². The summed E-state index contributed by atoms with van der Waals surface area (Å²) in [4.78, 5) is 12.3. The maximum absolute atomic E-state index is 13.6. The molecule has 0 aromatic heterocycles. The normalized spacial score (nSPS) is 10.5. The largest absolute Gasteiger partial charge is 0.398 e. The standard InChI is InChI=1S/C13H7Br2F2NO/c14-6-4-5-9(18)11(12(6)15)13(19)10-7(16)2-1-3-8(10)17/h1-5H,18H2. The van der Waals surface area contributed by atoms with E-state index in [0.717, 1.165) is 12.1 Å². The quantitative estimate of drug-likeness (QED) is 0.613. The number of nitrogens with two attached hydrogens (primary N) is 1. The van der Waals surface area contributed by atoms with Gasteiger partial charge in [-0.25, -0.2) is 8.78 Å². The molecule has 0 heterocycles. The van der Waals surface area contributed by atoms with Crippen molar-refractivity contribution in [3.63, 3.8) is 0 Å². The molecule has 0 aliphatic carbocycles. The first kappa shape index (κ1) is 14.1. The van der Waals surface area contributed by atoms with Gasteiger partial charge in [-0.05, 0) is 56.1 Å². The van der Waals surface area contributed by atoms with E-state index < -0.39 is 23.0 Å². The summed E-state index contributed by atoms with van der Waals surface area (Å²) in [7, 11) is 0. The van der Waals surface area contributed by atoms with Crippen LogP contribution in [0.25, 0.3) is 0 Å². The van der Waals surface area contributed by atoms with E-state index in [1.165, 1.54) is 12.1 Å². The van der Waals surface area contributed by atoms with Gasteiger partial charge < -0.3 is 5.73 Å². The molecule has 2 rings (SSSR count). The molecule has 19 heavy (non-hydrogen) atoms. The van der Waals surface area contributed by atoms with Crippen LogP contribution in [0.3, 0.4) is 0 Å². The number of carbonyl (C=O) groups excluding carboxylic acids is 1. The number of benzene rings is 2. The van der Waals surface area contributed by atoms with E-state index in [1.807, 2.05) is 0 Å². The third-order valence-electron chi connectivity index (χ3n) is 2.54. The highest BCUT2D eigenvalue weighted by molar-refractivity contribution is 9.13. The lowest BCUT2D eigenvalue weighted by atomic mass is 10.0. The monoisotopic (exact) mass is 389 g/mol. The van der Waals surface area contributed by atoms with Crippen molar-refractivity contribution in [2.45, 2.75) is 0 Å². The second-order valence-electron chi connectivity index (χ2n) is 3.75. The van der Waals surface area contributed by atoms with Crippen molar-refractivity contribution in [2.75, 3.05) is 5.73 Å². The van der Waals surface area contributed by atoms with Gasteiger partial charge in [-0.1, -0.05) is 6.07 Å². The van der Waals surface area contributed by atoms with Gasteiger partial charge in [0.2, 0.25) is 5.78 Å². The Morgan fingerprint density at radius 2 is 1.58 bits per heavy atom. The predicted octanol–water partition coefficient (Wildman–Crippen LogP) is 4.30. The van der Waals surface area contributed by atoms with E-state index in [4.69, 9.17) is 5.73 Å². The van der Waals surface area contributed by atoms with Crippen LogP contribution in [0.5, 0.6) is 0 Å². The zero-order valence-corrected chi connectivity index (χ0v) is 12.6. The van der Waals surface area contributed by atoms with Crippen molar-refractivity contribution < 1.29 is 13.6 Å². The fraction of sp³-hybridized carbons (Fsp3) is 0. The maximum Gasteiger partial charge on any atom is 0.202 e. The molecule has 0 spiro atoms. The van der Waals surface area contributed by atoms with Crippen molar-refractivity contribution in [3.8, 4) is 0 Å². The topological polar surface area (TPSA) is 43.1 Å². The Morgan fingerprint density at radius 3 is 2.16 bits per heavy atom. The van der Waals surface area contributed by atoms with Gasteiger partial charge in [0, 0.05) is 14.6 Å². The van der Waals surface area contributed by atoms with E-state index in [1.54, 1.807) is 6.07 Å². The van der Waals surface area contributed by atoms with Gasteiger partial charge >= 0.3 is 0 Å². The lowest BCUT2D eigenvalue weighted by molar-refractivity contribution is 0.103. The van der Waals surface area contributed by atoms with Crippen LogP contribution in [0.15, 0.2) is 39.3 Å². The summed E-state index contributed by atoms with van der Waals surface area (Å²) in [5, 5.41) is 0. The van der Waals surface area contributed by atoms with Gasteiger partial charge in [-0.3, -0.25) is 4.79 Å². The van der Waals surface area contributed by atoms with Gasteiger partial charge in [0.05, 0.1) is 11.1 Å². The Labute approximate surface area is 124 Å². The summed E-state index contributed by atoms with van der Waals surface area (Å²) in [5.74, 6) is -2.64. The molecule has 98 valence electrons. The first-order chi connectivity index (χ1) is 8.93. The van der Waals surface area contributed by atoms with Gasteiger partial charge in [-0.15, -0.1) is 0 Å². The molecule has 0 radical (unpaired) electrons. The Morgan fingerprint density at radius 1 is 1.00 bits per heavy atom. The highest BCUT2D eigenvalue weighted by atomic mass is 79.9. The molecule has 0 saturated heterocycles. The van der Waals surface area contributed by atoms with E-state index >= 15 is 0 Å². The van der Waals surface area contributed by atoms with Crippen LogP contribution in [-0.2, 0) is 0 Å². The number of carbonyl (C=O) groups is 1. The summed E-state index contributed by atoms with van der Waals surface area (Å²) in [6.45, 7) is 0. The molecular weight excluding hydrogens is 384 g/mol. The zero-order chi connectivity index (χ0) is 14.2. The Hall–Kier alpha value is -1.27. The molecule has 0 saturated carbocycles. The van der Waals surface area contributed by atoms with Crippen molar-refractivity contribution in [3.05, 3.63) is 62.0 Å². The van der Waals surface area contributed by atoms with Gasteiger partial charge in [0.25, 0.3) is 0 Å². The number of ketones is 1. The second-order valence-corrected chi connectivity index (χ2v) is 5.40. The number of hydrogen-bond acceptors (Lipinski definition) is 2. The fourth-order valence-electron chi connectivity index (χ4n) is 1.64. The molecule has 2 nitrogen and oxygen atoms in total. The summed E-state index contributed by atoms with van der Waals surface area (Å²) in [6, 6.07) is 6.37. The summed E-state index contributed by atoms with van der Waals surface area (Å²) >= 11 is 6.40. The van der Waals surface area contributed by atoms with Crippen molar-refractivity contribution in [1.82, 2.24) is 0 Å². The first-order valence-electron chi connectivity index (χ1n) is 5.15. The lowest BCUT2D eigenvalue weighted by Crippen LogP contribution is -2.11. The molecule has 0 amide bonds. The molecule has 0 bridgehead atoms. The number of nitrogen functional groups attached to an aromatic ring is 1. The molecule has 2 aromatic rings. The molecule has 0 fully saturated rings. The van der Waals surface area contributed by atoms with Crippen LogP contribution in [-0.4, -0.2) is 5.78 Å². The SMILES string of the molecule is Nc1ccc(Br)c(Br)c1C(=O)c1c(F)cccc1F. The average Bonchev–Trinajstić information content (AvgIpc) is 2.34. The number of halogens is 4. The first-order valence-corrected chi connectivity index (χ1v) is 6.74. The summed E-state index contributed by atoms with van der Waals surface area (Å²) in [6.07, 6.45) is 0. The molecule has 0 aliphatic rings. The Kier molecular flexibility index (Phi) is 4.01. The second kappa shape index (κ2) is 5.38. The van der Waals surface area contributed by atoms with E-state index in [2.05, 4.69) is 31.9 Å². The Balaban J connectivity index is 2.67. The zero-order valence-electron chi connectivity index (χ0n) is 9.38. The van der Waals surface area contributed by atoms with E-state index in [9.17, 15) is 13.6 Å². The molecule has 2 N–H and O–H groups in total. The summed E-state index contributed by atoms with van der Waals surface area (Å²) in [5.41, 5.74) is 5.26. The lowest BCUT2D eigenvalue weighted by Gasteiger charge is -2.10. The molecule has 0 unspecified atom stereocenters. The van der Waals surface area contributed by atoms with Crippen LogP contribution in [0.4, 0.5) is 14.5 Å². The van der Waals surface area contributed by atoms with E-state index in [-0.39, 0.29) is 11.3 Å². The summed E-state index contributed by atoms with van der Waals surface area (Å²) < 4.78 is 28.2.